The minimum Gasteiger partial charge on any atom is -0.344 e. The fraction of sp³-hybridized carbons (Fsp3) is 0.316. The van der Waals surface area contributed by atoms with Crippen LogP contribution in [0.2, 0.25) is 5.02 Å². The molecular weight excluding hydrogens is 306 g/mol. The number of aryl methyl sites for hydroxylation is 2. The van der Waals surface area contributed by atoms with E-state index in [4.69, 9.17) is 11.6 Å². The van der Waals surface area contributed by atoms with Crippen molar-refractivity contribution in [3.05, 3.63) is 64.6 Å². The predicted octanol–water partition coefficient (Wildman–Crippen LogP) is 3.92. The van der Waals surface area contributed by atoms with Gasteiger partial charge in [0, 0.05) is 60.1 Å². The molecule has 4 heteroatoms. The average molecular weight is 326 g/mol. The van der Waals surface area contributed by atoms with Crippen LogP contribution >= 0.6 is 11.6 Å². The van der Waals surface area contributed by atoms with Crippen molar-refractivity contribution in [2.24, 2.45) is 0 Å². The molecule has 1 aromatic carbocycles. The normalized spacial score (nSPS) is 15.0. The first-order valence-corrected chi connectivity index (χ1v) is 8.47. The minimum absolute atomic E-state index is 0.818. The van der Waals surface area contributed by atoms with Gasteiger partial charge in [-0.3, -0.25) is 4.98 Å². The molecule has 0 radical (unpaired) electrons. The zero-order valence-electron chi connectivity index (χ0n) is 13.3. The lowest BCUT2D eigenvalue weighted by atomic mass is 10.1. The lowest BCUT2D eigenvalue weighted by molar-refractivity contribution is 0.309. The minimum atomic E-state index is 0.818. The van der Waals surface area contributed by atoms with E-state index in [-0.39, 0.29) is 0 Å². The molecule has 118 valence electrons. The van der Waals surface area contributed by atoms with Crippen LogP contribution in [0.4, 0.5) is 0 Å². The van der Waals surface area contributed by atoms with Gasteiger partial charge < -0.3 is 9.47 Å². The largest absolute Gasteiger partial charge is 0.344 e. The summed E-state index contributed by atoms with van der Waals surface area (Å²) >= 11 is 6.25. The SMILES string of the molecule is CN1CCc2c(c3cc(Cl)ccc3n2CCc2cccnc2)C1. The maximum absolute atomic E-state index is 6.25. The van der Waals surface area contributed by atoms with Crippen molar-refractivity contribution in [1.29, 1.82) is 0 Å². The maximum atomic E-state index is 6.25. The number of halogens is 1. The van der Waals surface area contributed by atoms with E-state index in [1.807, 2.05) is 24.5 Å². The molecule has 0 spiro atoms. The van der Waals surface area contributed by atoms with Gasteiger partial charge in [0.25, 0.3) is 0 Å². The molecule has 0 aliphatic carbocycles. The van der Waals surface area contributed by atoms with Gasteiger partial charge in [0.1, 0.15) is 0 Å². The average Bonchev–Trinajstić information content (AvgIpc) is 2.86. The van der Waals surface area contributed by atoms with Crippen LogP contribution in [0.15, 0.2) is 42.7 Å². The third kappa shape index (κ3) is 2.75. The van der Waals surface area contributed by atoms with Crippen molar-refractivity contribution in [2.75, 3.05) is 13.6 Å². The Morgan fingerprint density at radius 1 is 1.26 bits per heavy atom. The molecule has 1 aliphatic heterocycles. The van der Waals surface area contributed by atoms with Crippen LogP contribution in [0, 0.1) is 0 Å². The standard InChI is InChI=1S/C19H20ClN3/c1-22-9-7-19-17(13-22)16-11-15(20)4-5-18(16)23(19)10-6-14-3-2-8-21-12-14/h2-5,8,11-12H,6-7,9-10,13H2,1H3. The van der Waals surface area contributed by atoms with Crippen LogP contribution in [0.25, 0.3) is 10.9 Å². The molecule has 4 rings (SSSR count). The van der Waals surface area contributed by atoms with Crippen molar-refractivity contribution in [1.82, 2.24) is 14.5 Å². The van der Waals surface area contributed by atoms with Gasteiger partial charge in [-0.1, -0.05) is 17.7 Å². The van der Waals surface area contributed by atoms with E-state index < -0.39 is 0 Å². The Kier molecular flexibility index (Phi) is 3.83. The molecule has 0 saturated carbocycles. The van der Waals surface area contributed by atoms with E-state index in [1.54, 1.807) is 0 Å². The first-order chi connectivity index (χ1) is 11.2. The highest BCUT2D eigenvalue weighted by Gasteiger charge is 2.22. The number of benzene rings is 1. The zero-order valence-corrected chi connectivity index (χ0v) is 14.1. The maximum Gasteiger partial charge on any atom is 0.0487 e. The Morgan fingerprint density at radius 2 is 2.17 bits per heavy atom. The molecule has 3 aromatic rings. The first kappa shape index (κ1) is 14.7. The third-order valence-electron chi connectivity index (χ3n) is 4.75. The number of hydrogen-bond donors (Lipinski definition) is 0. The van der Waals surface area contributed by atoms with Crippen molar-refractivity contribution in [2.45, 2.75) is 25.9 Å². The van der Waals surface area contributed by atoms with Gasteiger partial charge in [-0.25, -0.2) is 0 Å². The molecule has 0 fully saturated rings. The number of fused-ring (bicyclic) bond motifs is 3. The summed E-state index contributed by atoms with van der Waals surface area (Å²) in [5.41, 5.74) is 5.51. The third-order valence-corrected chi connectivity index (χ3v) is 4.99. The van der Waals surface area contributed by atoms with Crippen molar-refractivity contribution in [3.63, 3.8) is 0 Å². The highest BCUT2D eigenvalue weighted by molar-refractivity contribution is 6.31. The smallest absolute Gasteiger partial charge is 0.0487 e. The topological polar surface area (TPSA) is 21.1 Å². The molecule has 1 aliphatic rings. The number of nitrogens with zero attached hydrogens (tertiary/aromatic N) is 3. The second-order valence-corrected chi connectivity index (χ2v) is 6.77. The zero-order chi connectivity index (χ0) is 15.8. The number of pyridine rings is 1. The van der Waals surface area contributed by atoms with Gasteiger partial charge in [-0.2, -0.15) is 0 Å². The fourth-order valence-electron chi connectivity index (χ4n) is 3.60. The van der Waals surface area contributed by atoms with Crippen molar-refractivity contribution in [3.8, 4) is 0 Å². The number of aromatic nitrogens is 2. The predicted molar refractivity (Wildman–Crippen MR) is 94.9 cm³/mol. The summed E-state index contributed by atoms with van der Waals surface area (Å²) in [5, 5.41) is 2.13. The molecule has 0 amide bonds. The molecule has 23 heavy (non-hydrogen) atoms. The summed E-state index contributed by atoms with van der Waals surface area (Å²) in [6, 6.07) is 10.4. The molecule has 0 unspecified atom stereocenters. The summed E-state index contributed by atoms with van der Waals surface area (Å²) < 4.78 is 2.49. The van der Waals surface area contributed by atoms with Crippen LogP contribution in [0.1, 0.15) is 16.8 Å². The van der Waals surface area contributed by atoms with E-state index in [0.29, 0.717) is 0 Å². The van der Waals surface area contributed by atoms with E-state index in [9.17, 15) is 0 Å². The molecule has 0 N–H and O–H groups in total. The lowest BCUT2D eigenvalue weighted by Gasteiger charge is -2.24. The van der Waals surface area contributed by atoms with Gasteiger partial charge >= 0.3 is 0 Å². The monoisotopic (exact) mass is 325 g/mol. The number of hydrogen-bond acceptors (Lipinski definition) is 2. The Hall–Kier alpha value is -1.84. The van der Waals surface area contributed by atoms with Crippen molar-refractivity contribution >= 4 is 22.5 Å². The van der Waals surface area contributed by atoms with Crippen LogP contribution in [-0.4, -0.2) is 28.0 Å². The van der Waals surface area contributed by atoms with E-state index in [1.165, 1.54) is 27.7 Å². The summed E-state index contributed by atoms with van der Waals surface area (Å²) in [4.78, 5) is 6.61. The molecule has 2 aromatic heterocycles. The second kappa shape index (κ2) is 5.99. The van der Waals surface area contributed by atoms with Crippen LogP contribution < -0.4 is 0 Å². The van der Waals surface area contributed by atoms with Gasteiger partial charge in [0.15, 0.2) is 0 Å². The molecule has 0 bridgehead atoms. The Labute approximate surface area is 141 Å². The lowest BCUT2D eigenvalue weighted by Crippen LogP contribution is -2.27. The van der Waals surface area contributed by atoms with Crippen LogP contribution in [-0.2, 0) is 25.9 Å². The van der Waals surface area contributed by atoms with Crippen LogP contribution in [0.3, 0.4) is 0 Å². The highest BCUT2D eigenvalue weighted by Crippen LogP contribution is 2.32. The van der Waals surface area contributed by atoms with E-state index in [2.05, 4.69) is 39.7 Å². The van der Waals surface area contributed by atoms with Crippen molar-refractivity contribution < 1.29 is 0 Å². The molecule has 0 atom stereocenters. The molecular formula is C19H20ClN3. The Balaban J connectivity index is 1.76. The number of likely N-dealkylation sites (N-methyl/N-ethyl adjacent to an activating group) is 1. The van der Waals surface area contributed by atoms with Gasteiger partial charge in [0.2, 0.25) is 0 Å². The molecule has 3 heterocycles. The highest BCUT2D eigenvalue weighted by atomic mass is 35.5. The van der Waals surface area contributed by atoms with Gasteiger partial charge in [-0.15, -0.1) is 0 Å². The molecule has 0 saturated heterocycles. The first-order valence-electron chi connectivity index (χ1n) is 8.09. The van der Waals surface area contributed by atoms with Gasteiger partial charge in [-0.05, 0) is 48.9 Å². The number of rotatable bonds is 3. The summed E-state index contributed by atoms with van der Waals surface area (Å²) in [7, 11) is 2.19. The molecule has 3 nitrogen and oxygen atoms in total. The Bertz CT molecular complexity index is 839. The summed E-state index contributed by atoms with van der Waals surface area (Å²) in [6.45, 7) is 3.11. The fourth-order valence-corrected chi connectivity index (χ4v) is 3.77. The Morgan fingerprint density at radius 3 is 3.00 bits per heavy atom. The van der Waals surface area contributed by atoms with Gasteiger partial charge in [0.05, 0.1) is 0 Å². The summed E-state index contributed by atoms with van der Waals surface area (Å²) in [6.07, 6.45) is 5.89. The van der Waals surface area contributed by atoms with E-state index in [0.717, 1.165) is 37.5 Å². The summed E-state index contributed by atoms with van der Waals surface area (Å²) in [5.74, 6) is 0. The quantitative estimate of drug-likeness (QED) is 0.727. The van der Waals surface area contributed by atoms with E-state index >= 15 is 0 Å². The second-order valence-electron chi connectivity index (χ2n) is 6.34. The van der Waals surface area contributed by atoms with Crippen LogP contribution in [0.5, 0.6) is 0 Å².